The van der Waals surface area contributed by atoms with Crippen molar-refractivity contribution in [2.75, 3.05) is 19.6 Å². The number of amides is 1. The Morgan fingerprint density at radius 2 is 1.78 bits per heavy atom. The number of ketones is 2. The smallest absolute Gasteiger partial charge is 0.404 e. The van der Waals surface area contributed by atoms with Crippen LogP contribution in [0.1, 0.15) is 26.2 Å². The Balaban J connectivity index is 3.37. The molecule has 0 bridgehead atoms. The summed E-state index contributed by atoms with van der Waals surface area (Å²) in [4.78, 5) is 32.0. The van der Waals surface area contributed by atoms with E-state index in [1.807, 2.05) is 6.08 Å². The van der Waals surface area contributed by atoms with Crippen LogP contribution in [0.2, 0.25) is 0 Å². The lowest BCUT2D eigenvalue weighted by molar-refractivity contribution is -0.119. The Morgan fingerprint density at radius 3 is 2.39 bits per heavy atom. The summed E-state index contributed by atoms with van der Waals surface area (Å²) < 4.78 is 0. The van der Waals surface area contributed by atoms with Crippen LogP contribution in [0.4, 0.5) is 4.79 Å². The molecule has 0 aromatic rings. The van der Waals surface area contributed by atoms with E-state index in [4.69, 9.17) is 5.11 Å². The molecule has 102 valence electrons. The third kappa shape index (κ3) is 12.4. The van der Waals surface area contributed by atoms with Crippen LogP contribution in [-0.2, 0) is 9.59 Å². The number of hydrogen-bond acceptors (Lipinski definition) is 4. The number of carbonyl (C=O) groups excluding carboxylic acids is 2. The fraction of sp³-hybridized carbons (Fsp3) is 0.583. The van der Waals surface area contributed by atoms with Crippen molar-refractivity contribution in [3.05, 3.63) is 12.2 Å². The van der Waals surface area contributed by atoms with Crippen molar-refractivity contribution >= 4 is 17.7 Å². The van der Waals surface area contributed by atoms with Crippen molar-refractivity contribution < 1.29 is 19.5 Å². The van der Waals surface area contributed by atoms with Gasteiger partial charge in [0.25, 0.3) is 0 Å². The van der Waals surface area contributed by atoms with Gasteiger partial charge in [-0.15, -0.1) is 0 Å². The molecule has 0 aliphatic heterocycles. The number of allylic oxidation sites excluding steroid dienone is 1. The largest absolute Gasteiger partial charge is 0.465 e. The topological polar surface area (TPSA) is 95.5 Å². The monoisotopic (exact) mass is 256 g/mol. The standard InChI is InChI=1S/C12H20N2O4/c1-10(15)4-2-3-7-13-8-5-11(16)6-9-14-12(17)18/h2-3,13-14H,4-9H2,1H3,(H,17,18). The molecule has 0 heterocycles. The quantitative estimate of drug-likeness (QED) is 0.395. The lowest BCUT2D eigenvalue weighted by atomic mass is 10.2. The maximum Gasteiger partial charge on any atom is 0.404 e. The maximum atomic E-state index is 11.3. The highest BCUT2D eigenvalue weighted by atomic mass is 16.4. The summed E-state index contributed by atoms with van der Waals surface area (Å²) in [7, 11) is 0. The summed E-state index contributed by atoms with van der Waals surface area (Å²) in [5.74, 6) is 0.135. The highest BCUT2D eigenvalue weighted by molar-refractivity contribution is 5.79. The minimum atomic E-state index is -1.11. The average molecular weight is 256 g/mol. The molecule has 3 N–H and O–H groups in total. The summed E-state index contributed by atoms with van der Waals surface area (Å²) in [5.41, 5.74) is 0. The van der Waals surface area contributed by atoms with E-state index < -0.39 is 6.09 Å². The zero-order valence-corrected chi connectivity index (χ0v) is 10.6. The van der Waals surface area contributed by atoms with E-state index in [1.165, 1.54) is 6.92 Å². The number of carboxylic acid groups (broad SMARTS) is 1. The van der Waals surface area contributed by atoms with Crippen LogP contribution in [0.15, 0.2) is 12.2 Å². The zero-order valence-electron chi connectivity index (χ0n) is 10.6. The van der Waals surface area contributed by atoms with Crippen LogP contribution in [0.3, 0.4) is 0 Å². The SMILES string of the molecule is CC(=O)CC=CCNCCC(=O)CCNC(=O)O. The first-order chi connectivity index (χ1) is 8.52. The van der Waals surface area contributed by atoms with Crippen LogP contribution >= 0.6 is 0 Å². The minimum Gasteiger partial charge on any atom is -0.465 e. The van der Waals surface area contributed by atoms with Crippen molar-refractivity contribution in [3.8, 4) is 0 Å². The van der Waals surface area contributed by atoms with E-state index in [-0.39, 0.29) is 24.5 Å². The van der Waals surface area contributed by atoms with Crippen LogP contribution in [-0.4, -0.2) is 42.4 Å². The third-order valence-electron chi connectivity index (χ3n) is 2.09. The molecule has 0 spiro atoms. The molecule has 6 nitrogen and oxygen atoms in total. The van der Waals surface area contributed by atoms with Crippen molar-refractivity contribution in [2.24, 2.45) is 0 Å². The Hall–Kier alpha value is -1.69. The molecule has 0 atom stereocenters. The van der Waals surface area contributed by atoms with Gasteiger partial charge in [0.15, 0.2) is 0 Å². The van der Waals surface area contributed by atoms with Crippen molar-refractivity contribution in [1.29, 1.82) is 0 Å². The molecule has 1 amide bonds. The van der Waals surface area contributed by atoms with E-state index in [2.05, 4.69) is 10.6 Å². The van der Waals surface area contributed by atoms with Crippen LogP contribution in [0.25, 0.3) is 0 Å². The van der Waals surface area contributed by atoms with Gasteiger partial charge in [-0.3, -0.25) is 9.59 Å². The van der Waals surface area contributed by atoms with Crippen molar-refractivity contribution in [2.45, 2.75) is 26.2 Å². The molecule has 0 rings (SSSR count). The lowest BCUT2D eigenvalue weighted by Gasteiger charge is -2.02. The minimum absolute atomic E-state index is 0.0176. The van der Waals surface area contributed by atoms with Crippen molar-refractivity contribution in [3.63, 3.8) is 0 Å². The summed E-state index contributed by atoms with van der Waals surface area (Å²) in [5, 5.41) is 13.5. The number of carbonyl (C=O) groups is 3. The number of rotatable bonds is 10. The van der Waals surface area contributed by atoms with Gasteiger partial charge < -0.3 is 15.7 Å². The van der Waals surface area contributed by atoms with Gasteiger partial charge in [0.05, 0.1) is 0 Å². The van der Waals surface area contributed by atoms with E-state index in [0.717, 1.165) is 0 Å². The number of nitrogens with one attached hydrogen (secondary N) is 2. The van der Waals surface area contributed by atoms with Crippen LogP contribution in [0, 0.1) is 0 Å². The molecule has 18 heavy (non-hydrogen) atoms. The Bertz CT molecular complexity index is 313. The fourth-order valence-electron chi connectivity index (χ4n) is 1.18. The predicted molar refractivity (Wildman–Crippen MR) is 67.6 cm³/mol. The zero-order chi connectivity index (χ0) is 13.8. The summed E-state index contributed by atoms with van der Waals surface area (Å²) in [6.45, 7) is 2.86. The van der Waals surface area contributed by atoms with E-state index in [0.29, 0.717) is 25.9 Å². The molecule has 0 saturated carbocycles. The van der Waals surface area contributed by atoms with Gasteiger partial charge in [0.1, 0.15) is 11.6 Å². The highest BCUT2D eigenvalue weighted by Crippen LogP contribution is 1.88. The second-order valence-electron chi connectivity index (χ2n) is 3.85. The molecule has 0 aliphatic carbocycles. The van der Waals surface area contributed by atoms with Gasteiger partial charge in [0.2, 0.25) is 0 Å². The molecule has 0 saturated heterocycles. The summed E-state index contributed by atoms with van der Waals surface area (Å²) in [6, 6.07) is 0. The second-order valence-corrected chi connectivity index (χ2v) is 3.85. The molecule has 0 fully saturated rings. The Kier molecular flexibility index (Phi) is 9.48. The van der Waals surface area contributed by atoms with E-state index in [9.17, 15) is 14.4 Å². The molecule has 0 aromatic carbocycles. The molecule has 0 unspecified atom stereocenters. The Labute approximate surface area is 106 Å². The van der Waals surface area contributed by atoms with Gasteiger partial charge in [-0.2, -0.15) is 0 Å². The molecule has 6 heteroatoms. The maximum absolute atomic E-state index is 11.3. The van der Waals surface area contributed by atoms with Crippen molar-refractivity contribution in [1.82, 2.24) is 10.6 Å². The molecular formula is C12H20N2O4. The van der Waals surface area contributed by atoms with Gasteiger partial charge in [-0.25, -0.2) is 4.79 Å². The van der Waals surface area contributed by atoms with E-state index >= 15 is 0 Å². The average Bonchev–Trinajstić information content (AvgIpc) is 2.26. The predicted octanol–water partition coefficient (Wildman–Crippen LogP) is 0.728. The van der Waals surface area contributed by atoms with Gasteiger partial charge in [-0.1, -0.05) is 12.2 Å². The van der Waals surface area contributed by atoms with Crippen LogP contribution in [0.5, 0.6) is 0 Å². The number of Topliss-reactive ketones (excluding diaryl/α,β-unsaturated/α-hetero) is 2. The summed E-state index contributed by atoms with van der Waals surface area (Å²) in [6.07, 6.45) is 3.54. The molecular weight excluding hydrogens is 236 g/mol. The third-order valence-corrected chi connectivity index (χ3v) is 2.09. The molecule has 0 aromatic heterocycles. The first-order valence-corrected chi connectivity index (χ1v) is 5.86. The van der Waals surface area contributed by atoms with Crippen LogP contribution < -0.4 is 10.6 Å². The molecule has 0 aliphatic rings. The Morgan fingerprint density at radius 1 is 1.11 bits per heavy atom. The van der Waals surface area contributed by atoms with Gasteiger partial charge in [-0.05, 0) is 6.92 Å². The first kappa shape index (κ1) is 16.3. The fourth-order valence-corrected chi connectivity index (χ4v) is 1.18. The van der Waals surface area contributed by atoms with Gasteiger partial charge in [0, 0.05) is 38.9 Å². The highest BCUT2D eigenvalue weighted by Gasteiger charge is 2.02. The summed E-state index contributed by atoms with van der Waals surface area (Å²) >= 11 is 0. The second kappa shape index (κ2) is 10.5. The first-order valence-electron chi connectivity index (χ1n) is 5.86. The van der Waals surface area contributed by atoms with Gasteiger partial charge >= 0.3 is 6.09 Å². The number of hydrogen-bond donors (Lipinski definition) is 3. The molecule has 0 radical (unpaired) electrons. The normalized spacial score (nSPS) is 10.5. The lowest BCUT2D eigenvalue weighted by Crippen LogP contribution is -2.25. The van der Waals surface area contributed by atoms with E-state index in [1.54, 1.807) is 6.08 Å².